The topological polar surface area (TPSA) is 82.3 Å². The summed E-state index contributed by atoms with van der Waals surface area (Å²) in [5.74, 6) is 3.53. The first kappa shape index (κ1) is 39.4. The zero-order valence-electron chi connectivity index (χ0n) is 36.1. The predicted molar refractivity (Wildman–Crippen MR) is 271 cm³/mol. The maximum atomic E-state index is 5.22. The molecule has 314 valence electrons. The maximum absolute atomic E-state index is 5.22. The van der Waals surface area contributed by atoms with E-state index in [1.807, 2.05) is 97.1 Å². The lowest BCUT2D eigenvalue weighted by molar-refractivity contribution is 0.953. The molecule has 3 heterocycles. The van der Waals surface area contributed by atoms with Gasteiger partial charge in [0.25, 0.3) is 0 Å². The lowest BCUT2D eigenvalue weighted by Crippen LogP contribution is -2.06. The largest absolute Gasteiger partial charge is 0.278 e. The lowest BCUT2D eigenvalue weighted by Gasteiger charge is -2.12. The van der Waals surface area contributed by atoms with Crippen LogP contribution >= 0.6 is 0 Å². The monoisotopic (exact) mass is 857 g/mol. The van der Waals surface area contributed by atoms with E-state index in [0.29, 0.717) is 35.1 Å². The Morgan fingerprint density at radius 1 is 0.239 bits per heavy atom. The Morgan fingerprint density at radius 3 is 1.12 bits per heavy atom. The van der Waals surface area contributed by atoms with Crippen LogP contribution in [-0.2, 0) is 0 Å². The van der Waals surface area contributed by atoms with Crippen LogP contribution in [0, 0.1) is 0 Å². The average molecular weight is 858 g/mol. The summed E-state index contributed by atoms with van der Waals surface area (Å²) in [6, 6.07) is 81.3. The first-order chi connectivity index (χ1) is 33.2. The van der Waals surface area contributed by atoms with E-state index in [1.165, 1.54) is 0 Å². The number of benzene rings is 9. The molecule has 3 aromatic heterocycles. The summed E-state index contributed by atoms with van der Waals surface area (Å²) in [5, 5.41) is 2.15. The second-order valence-electron chi connectivity index (χ2n) is 16.3. The van der Waals surface area contributed by atoms with Gasteiger partial charge in [-0.2, -0.15) is 9.97 Å². The van der Waals surface area contributed by atoms with Gasteiger partial charge in [0.2, 0.25) is 5.95 Å². The summed E-state index contributed by atoms with van der Waals surface area (Å²) in [4.78, 5) is 30.8. The predicted octanol–water partition coefficient (Wildman–Crippen LogP) is 14.5. The third kappa shape index (κ3) is 7.60. The van der Waals surface area contributed by atoms with Crippen molar-refractivity contribution in [1.29, 1.82) is 0 Å². The minimum atomic E-state index is 0.536. The summed E-state index contributed by atoms with van der Waals surface area (Å²) in [6.07, 6.45) is 0. The molecule has 0 aliphatic carbocycles. The molecule has 0 saturated carbocycles. The third-order valence-corrected chi connectivity index (χ3v) is 12.1. The number of hydrogen-bond acceptors (Lipinski definition) is 6. The van der Waals surface area contributed by atoms with Gasteiger partial charge < -0.3 is 0 Å². The fraction of sp³-hybridized carbons (Fsp3) is 0. The van der Waals surface area contributed by atoms with Gasteiger partial charge in [-0.05, 0) is 63.7 Å². The Kier molecular flexibility index (Phi) is 10.0. The SMILES string of the molecule is c1ccc(-c2cccc(-c3nc(-c4ccccc4)nc(-c4cccc(-c5cccc6c5c5cc(-c7ccccc7)ccc5n6-c5nc(-c6ccccc6)nc(-c6ccccc6)n5)c4)n3)c2)cc1. The number of aromatic nitrogens is 7. The highest BCUT2D eigenvalue weighted by Gasteiger charge is 2.22. The van der Waals surface area contributed by atoms with Crippen LogP contribution in [-0.4, -0.2) is 34.5 Å². The van der Waals surface area contributed by atoms with Gasteiger partial charge in [0, 0.05) is 38.6 Å². The smallest absolute Gasteiger partial charge is 0.238 e. The van der Waals surface area contributed by atoms with Gasteiger partial charge >= 0.3 is 0 Å². The lowest BCUT2D eigenvalue weighted by atomic mass is 9.96. The molecule has 0 N–H and O–H groups in total. The van der Waals surface area contributed by atoms with E-state index in [9.17, 15) is 0 Å². The Bertz CT molecular complexity index is 3670. The first-order valence-electron chi connectivity index (χ1n) is 22.3. The molecule has 0 aliphatic rings. The molecular weight excluding hydrogens is 819 g/mol. The van der Waals surface area contributed by atoms with Gasteiger partial charge in [-0.1, -0.05) is 206 Å². The Balaban J connectivity index is 1.06. The van der Waals surface area contributed by atoms with Crippen molar-refractivity contribution < 1.29 is 0 Å². The van der Waals surface area contributed by atoms with Gasteiger partial charge in [-0.3, -0.25) is 4.57 Å². The van der Waals surface area contributed by atoms with Crippen molar-refractivity contribution in [2.45, 2.75) is 0 Å². The molecule has 12 rings (SSSR count). The Morgan fingerprint density at radius 2 is 0.612 bits per heavy atom. The molecule has 0 amide bonds. The minimum absolute atomic E-state index is 0.536. The third-order valence-electron chi connectivity index (χ3n) is 12.1. The molecule has 12 aromatic rings. The fourth-order valence-electron chi connectivity index (χ4n) is 8.88. The van der Waals surface area contributed by atoms with Gasteiger partial charge in [-0.25, -0.2) is 19.9 Å². The zero-order chi connectivity index (χ0) is 44.5. The molecule has 0 aliphatic heterocycles. The molecule has 0 atom stereocenters. The fourth-order valence-corrected chi connectivity index (χ4v) is 8.88. The van der Waals surface area contributed by atoms with Crippen LogP contribution in [0.25, 0.3) is 118 Å². The summed E-state index contributed by atoms with van der Waals surface area (Å²) in [7, 11) is 0. The Hall–Kier alpha value is -9.20. The quantitative estimate of drug-likeness (QED) is 0.144. The summed E-state index contributed by atoms with van der Waals surface area (Å²) in [5.41, 5.74) is 13.0. The van der Waals surface area contributed by atoms with Crippen molar-refractivity contribution in [3.63, 3.8) is 0 Å². The van der Waals surface area contributed by atoms with Crippen LogP contribution in [0.5, 0.6) is 0 Å². The second kappa shape index (κ2) is 17.1. The van der Waals surface area contributed by atoms with E-state index in [-0.39, 0.29) is 0 Å². The van der Waals surface area contributed by atoms with E-state index in [2.05, 4.69) is 144 Å². The second-order valence-corrected chi connectivity index (χ2v) is 16.3. The molecule has 7 heteroatoms. The molecule has 0 saturated heterocycles. The Labute approximate surface area is 387 Å². The molecule has 0 bridgehead atoms. The molecule has 0 radical (unpaired) electrons. The summed E-state index contributed by atoms with van der Waals surface area (Å²) < 4.78 is 2.18. The van der Waals surface area contributed by atoms with E-state index in [0.717, 1.165) is 83.0 Å². The summed E-state index contributed by atoms with van der Waals surface area (Å²) in [6.45, 7) is 0. The van der Waals surface area contributed by atoms with Crippen molar-refractivity contribution in [2.24, 2.45) is 0 Å². The molecule has 0 unspecified atom stereocenters. The van der Waals surface area contributed by atoms with Crippen LogP contribution in [0.4, 0.5) is 0 Å². The number of fused-ring (bicyclic) bond motifs is 3. The van der Waals surface area contributed by atoms with Gasteiger partial charge in [0.05, 0.1) is 11.0 Å². The van der Waals surface area contributed by atoms with Crippen LogP contribution in [0.15, 0.2) is 237 Å². The van der Waals surface area contributed by atoms with Crippen molar-refractivity contribution in [3.05, 3.63) is 237 Å². The standard InChI is InChI=1S/C60H39N7/c1-6-19-40(20-7-1)45-29-16-31-48(37-45)58-61-55(42-23-10-3-11-24-42)62-59(64-58)49-32-17-30-47(38-49)50-33-18-34-53-54(50)51-39-46(41-21-8-2-9-22-41)35-36-52(51)67(53)60-65-56(43-25-12-4-13-26-43)63-57(66-60)44-27-14-5-15-28-44/h1-39H. The van der Waals surface area contributed by atoms with Crippen molar-refractivity contribution >= 4 is 21.8 Å². The number of nitrogens with zero attached hydrogens (tertiary/aromatic N) is 7. The maximum Gasteiger partial charge on any atom is 0.238 e. The van der Waals surface area contributed by atoms with Crippen molar-refractivity contribution in [2.75, 3.05) is 0 Å². The highest BCUT2D eigenvalue weighted by molar-refractivity contribution is 6.16. The molecule has 0 spiro atoms. The van der Waals surface area contributed by atoms with Gasteiger partial charge in [0.15, 0.2) is 29.1 Å². The van der Waals surface area contributed by atoms with Crippen LogP contribution in [0.2, 0.25) is 0 Å². The number of hydrogen-bond donors (Lipinski definition) is 0. The van der Waals surface area contributed by atoms with E-state index in [1.54, 1.807) is 0 Å². The zero-order valence-corrected chi connectivity index (χ0v) is 36.1. The van der Waals surface area contributed by atoms with Crippen LogP contribution < -0.4 is 0 Å². The molecule has 0 fully saturated rings. The van der Waals surface area contributed by atoms with Crippen molar-refractivity contribution in [3.8, 4) is 96.3 Å². The van der Waals surface area contributed by atoms with Gasteiger partial charge in [0.1, 0.15) is 0 Å². The highest BCUT2D eigenvalue weighted by atomic mass is 15.2. The normalized spacial score (nSPS) is 11.3. The van der Waals surface area contributed by atoms with Crippen LogP contribution in [0.3, 0.4) is 0 Å². The number of rotatable bonds is 9. The average Bonchev–Trinajstić information content (AvgIpc) is 3.76. The molecule has 7 nitrogen and oxygen atoms in total. The van der Waals surface area contributed by atoms with E-state index < -0.39 is 0 Å². The minimum Gasteiger partial charge on any atom is -0.278 e. The highest BCUT2D eigenvalue weighted by Crippen LogP contribution is 2.41. The van der Waals surface area contributed by atoms with Gasteiger partial charge in [-0.15, -0.1) is 0 Å². The van der Waals surface area contributed by atoms with Crippen molar-refractivity contribution in [1.82, 2.24) is 34.5 Å². The summed E-state index contributed by atoms with van der Waals surface area (Å²) >= 11 is 0. The molecular formula is C60H39N7. The van der Waals surface area contributed by atoms with E-state index >= 15 is 0 Å². The molecule has 9 aromatic carbocycles. The molecule has 67 heavy (non-hydrogen) atoms. The van der Waals surface area contributed by atoms with Crippen LogP contribution in [0.1, 0.15) is 0 Å². The first-order valence-corrected chi connectivity index (χ1v) is 22.3. The van der Waals surface area contributed by atoms with E-state index in [4.69, 9.17) is 29.9 Å².